The summed E-state index contributed by atoms with van der Waals surface area (Å²) >= 11 is 6.06. The van der Waals surface area contributed by atoms with Crippen molar-refractivity contribution in [2.24, 2.45) is 11.7 Å². The minimum atomic E-state index is -0.282. The van der Waals surface area contributed by atoms with Gasteiger partial charge in [-0.1, -0.05) is 48.9 Å². The lowest BCUT2D eigenvalue weighted by atomic mass is 10.0. The van der Waals surface area contributed by atoms with Gasteiger partial charge in [-0.15, -0.1) is 24.8 Å². The van der Waals surface area contributed by atoms with Gasteiger partial charge in [0.2, 0.25) is 5.91 Å². The van der Waals surface area contributed by atoms with Crippen molar-refractivity contribution >= 4 is 53.7 Å². The molecule has 138 valence electrons. The lowest BCUT2D eigenvalue weighted by Crippen LogP contribution is -2.34. The molecule has 0 aliphatic carbocycles. The third-order valence-electron chi connectivity index (χ3n) is 3.77. The van der Waals surface area contributed by atoms with Gasteiger partial charge < -0.3 is 16.4 Å². The molecule has 1 amide bonds. The van der Waals surface area contributed by atoms with Gasteiger partial charge in [0.05, 0.1) is 17.3 Å². The van der Waals surface area contributed by atoms with Crippen molar-refractivity contribution in [3.63, 3.8) is 0 Å². The summed E-state index contributed by atoms with van der Waals surface area (Å²) in [5.74, 6) is -0.402. The van der Waals surface area contributed by atoms with Gasteiger partial charge in [-0.05, 0) is 30.7 Å². The molecule has 2 aromatic rings. The number of nitrogens with one attached hydrogen (secondary N) is 2. The average Bonchev–Trinajstić information content (AvgIpc) is 2.54. The van der Waals surface area contributed by atoms with Crippen LogP contribution in [-0.2, 0) is 11.3 Å². The Hall–Kier alpha value is -1.46. The Morgan fingerprint density at radius 3 is 2.32 bits per heavy atom. The van der Waals surface area contributed by atoms with Crippen LogP contribution in [0.3, 0.4) is 0 Å². The molecule has 2 aromatic carbocycles. The fraction of sp³-hybridized carbons (Fsp3) is 0.278. The molecule has 0 saturated carbocycles. The van der Waals surface area contributed by atoms with Crippen molar-refractivity contribution in [3.05, 3.63) is 59.1 Å². The standard InChI is InChI=1S/C18H22ClN3O.2ClH/c1-12(13(2)20)18(23)22-17-10-15(19)8-9-16(17)21-11-14-6-4-3-5-7-14;;/h3-10,12-13,21H,11,20H2,1-2H3,(H,22,23);2*1H. The molecule has 0 fully saturated rings. The van der Waals surface area contributed by atoms with E-state index in [1.807, 2.05) is 50.2 Å². The summed E-state index contributed by atoms with van der Waals surface area (Å²) in [5, 5.41) is 6.80. The smallest absolute Gasteiger partial charge is 0.228 e. The highest BCUT2D eigenvalue weighted by molar-refractivity contribution is 6.31. The van der Waals surface area contributed by atoms with Crippen molar-refractivity contribution in [3.8, 4) is 0 Å². The van der Waals surface area contributed by atoms with E-state index in [0.29, 0.717) is 17.3 Å². The Balaban J connectivity index is 0.00000288. The van der Waals surface area contributed by atoms with Crippen LogP contribution >= 0.6 is 36.4 Å². The minimum absolute atomic E-state index is 0. The number of hydrogen-bond donors (Lipinski definition) is 3. The van der Waals surface area contributed by atoms with E-state index in [1.165, 1.54) is 0 Å². The number of rotatable bonds is 6. The van der Waals surface area contributed by atoms with Gasteiger partial charge in [0.15, 0.2) is 0 Å². The van der Waals surface area contributed by atoms with E-state index in [0.717, 1.165) is 11.3 Å². The van der Waals surface area contributed by atoms with Crippen LogP contribution in [-0.4, -0.2) is 11.9 Å². The number of anilines is 2. The number of carbonyl (C=O) groups is 1. The second-order valence-electron chi connectivity index (χ2n) is 5.67. The molecule has 25 heavy (non-hydrogen) atoms. The van der Waals surface area contributed by atoms with E-state index in [9.17, 15) is 4.79 Å². The van der Waals surface area contributed by atoms with Gasteiger partial charge in [0.1, 0.15) is 0 Å². The molecule has 4 N–H and O–H groups in total. The maximum absolute atomic E-state index is 12.2. The highest BCUT2D eigenvalue weighted by Crippen LogP contribution is 2.27. The molecule has 4 nitrogen and oxygen atoms in total. The van der Waals surface area contributed by atoms with E-state index in [1.54, 1.807) is 12.1 Å². The molecule has 7 heteroatoms. The normalized spacial score (nSPS) is 12.2. The van der Waals surface area contributed by atoms with E-state index in [2.05, 4.69) is 10.6 Å². The van der Waals surface area contributed by atoms with Crippen LogP contribution in [0.4, 0.5) is 11.4 Å². The molecule has 0 bridgehead atoms. The maximum Gasteiger partial charge on any atom is 0.228 e. The molecule has 0 radical (unpaired) electrons. The summed E-state index contributed by atoms with van der Waals surface area (Å²) in [4.78, 5) is 12.2. The van der Waals surface area contributed by atoms with Gasteiger partial charge in [-0.3, -0.25) is 4.79 Å². The summed E-state index contributed by atoms with van der Waals surface area (Å²) in [6, 6.07) is 15.2. The van der Waals surface area contributed by atoms with Gasteiger partial charge in [-0.2, -0.15) is 0 Å². The third kappa shape index (κ3) is 7.12. The van der Waals surface area contributed by atoms with Crippen molar-refractivity contribution in [2.75, 3.05) is 10.6 Å². The van der Waals surface area contributed by atoms with Crippen LogP contribution in [0.15, 0.2) is 48.5 Å². The van der Waals surface area contributed by atoms with Crippen molar-refractivity contribution < 1.29 is 4.79 Å². The first-order chi connectivity index (χ1) is 11.0. The monoisotopic (exact) mass is 403 g/mol. The molecule has 0 aliphatic rings. The Morgan fingerprint density at radius 2 is 1.72 bits per heavy atom. The van der Waals surface area contributed by atoms with E-state index < -0.39 is 0 Å². The molecule has 0 heterocycles. The van der Waals surface area contributed by atoms with Gasteiger partial charge >= 0.3 is 0 Å². The first-order valence-electron chi connectivity index (χ1n) is 7.61. The molecule has 0 saturated heterocycles. The van der Waals surface area contributed by atoms with Crippen LogP contribution < -0.4 is 16.4 Å². The van der Waals surface area contributed by atoms with Crippen molar-refractivity contribution in [2.45, 2.75) is 26.4 Å². The summed E-state index contributed by atoms with van der Waals surface area (Å²) in [7, 11) is 0. The lowest BCUT2D eigenvalue weighted by molar-refractivity contribution is -0.119. The van der Waals surface area contributed by atoms with Crippen molar-refractivity contribution in [1.29, 1.82) is 0 Å². The number of amides is 1. The zero-order valence-electron chi connectivity index (χ0n) is 14.2. The number of nitrogens with two attached hydrogens (primary N) is 1. The topological polar surface area (TPSA) is 67.2 Å². The molecular formula is C18H24Cl3N3O. The summed E-state index contributed by atoms with van der Waals surface area (Å²) in [6.45, 7) is 4.28. The summed E-state index contributed by atoms with van der Waals surface area (Å²) in [6.07, 6.45) is 0. The highest BCUT2D eigenvalue weighted by atomic mass is 35.5. The van der Waals surface area contributed by atoms with E-state index >= 15 is 0 Å². The lowest BCUT2D eigenvalue weighted by Gasteiger charge is -2.18. The van der Waals surface area contributed by atoms with Gasteiger partial charge in [-0.25, -0.2) is 0 Å². The van der Waals surface area contributed by atoms with Crippen LogP contribution in [0.5, 0.6) is 0 Å². The maximum atomic E-state index is 12.2. The number of hydrogen-bond acceptors (Lipinski definition) is 3. The van der Waals surface area contributed by atoms with Gasteiger partial charge in [0.25, 0.3) is 0 Å². The number of benzene rings is 2. The van der Waals surface area contributed by atoms with Crippen LogP contribution in [0.1, 0.15) is 19.4 Å². The molecule has 2 rings (SSSR count). The Bertz CT molecular complexity index is 666. The van der Waals surface area contributed by atoms with E-state index in [4.69, 9.17) is 17.3 Å². The Kier molecular flexibility index (Phi) is 10.6. The molecule has 0 spiro atoms. The number of halogens is 3. The largest absolute Gasteiger partial charge is 0.379 e. The molecule has 0 aromatic heterocycles. The summed E-state index contributed by atoms with van der Waals surface area (Å²) < 4.78 is 0. The predicted molar refractivity (Wildman–Crippen MR) is 111 cm³/mol. The molecule has 0 aliphatic heterocycles. The van der Waals surface area contributed by atoms with E-state index in [-0.39, 0.29) is 42.7 Å². The summed E-state index contributed by atoms with van der Waals surface area (Å²) in [5.41, 5.74) is 8.43. The van der Waals surface area contributed by atoms with Crippen LogP contribution in [0, 0.1) is 5.92 Å². The number of carbonyl (C=O) groups excluding carboxylic acids is 1. The third-order valence-corrected chi connectivity index (χ3v) is 4.00. The second-order valence-corrected chi connectivity index (χ2v) is 6.10. The molecular weight excluding hydrogens is 381 g/mol. The first kappa shape index (κ1) is 23.5. The SMILES string of the molecule is CC(N)C(C)C(=O)Nc1cc(Cl)ccc1NCc1ccccc1.Cl.Cl. The second kappa shape index (κ2) is 11.2. The highest BCUT2D eigenvalue weighted by Gasteiger charge is 2.18. The van der Waals surface area contributed by atoms with Gasteiger partial charge in [0, 0.05) is 17.6 Å². The quantitative estimate of drug-likeness (QED) is 0.652. The fourth-order valence-electron chi connectivity index (χ4n) is 2.05. The molecule has 2 unspecified atom stereocenters. The first-order valence-corrected chi connectivity index (χ1v) is 7.99. The fourth-order valence-corrected chi connectivity index (χ4v) is 2.22. The average molecular weight is 405 g/mol. The zero-order valence-corrected chi connectivity index (χ0v) is 16.5. The predicted octanol–water partition coefficient (Wildman–Crippen LogP) is 4.72. The molecule has 2 atom stereocenters. The van der Waals surface area contributed by atoms with Crippen molar-refractivity contribution in [1.82, 2.24) is 0 Å². The minimum Gasteiger partial charge on any atom is -0.379 e. The van der Waals surface area contributed by atoms with Crippen LogP contribution in [0.2, 0.25) is 5.02 Å². The van der Waals surface area contributed by atoms with Crippen LogP contribution in [0.25, 0.3) is 0 Å². The zero-order chi connectivity index (χ0) is 16.8. The Morgan fingerprint density at radius 1 is 1.08 bits per heavy atom. The Labute approximate surface area is 166 Å².